The maximum Gasteiger partial charge on any atom is 0.108 e. The summed E-state index contributed by atoms with van der Waals surface area (Å²) in [4.78, 5) is 8.68. The fourth-order valence-electron chi connectivity index (χ4n) is 1.64. The van der Waals surface area contributed by atoms with E-state index in [1.54, 1.807) is 0 Å². The average Bonchev–Trinajstić information content (AvgIpc) is 2.69. The first-order valence-corrected chi connectivity index (χ1v) is 5.21. The van der Waals surface area contributed by atoms with Gasteiger partial charge in [-0.05, 0) is 18.6 Å². The summed E-state index contributed by atoms with van der Waals surface area (Å²) in [6.07, 6.45) is 6.65. The third-order valence-corrected chi connectivity index (χ3v) is 2.56. The van der Waals surface area contributed by atoms with Crippen molar-refractivity contribution in [2.75, 3.05) is 0 Å². The van der Waals surface area contributed by atoms with Crippen LogP contribution in [-0.4, -0.2) is 14.5 Å². The molecule has 0 saturated heterocycles. The van der Waals surface area contributed by atoms with Gasteiger partial charge in [0.05, 0.1) is 12.2 Å². The quantitative estimate of drug-likeness (QED) is 0.762. The molecule has 0 aliphatic heterocycles. The number of pyridine rings is 1. The van der Waals surface area contributed by atoms with E-state index in [0.717, 1.165) is 24.5 Å². The molecule has 2 heterocycles. The van der Waals surface area contributed by atoms with E-state index in [-0.39, 0.29) is 0 Å². The van der Waals surface area contributed by atoms with E-state index in [2.05, 4.69) is 34.4 Å². The van der Waals surface area contributed by atoms with E-state index >= 15 is 0 Å². The minimum absolute atomic E-state index is 0.815. The van der Waals surface area contributed by atoms with Gasteiger partial charge in [0.2, 0.25) is 0 Å². The minimum Gasteiger partial charge on any atom is -0.329 e. The second kappa shape index (κ2) is 4.26. The number of hydrogen-bond acceptors (Lipinski definition) is 2. The van der Waals surface area contributed by atoms with Crippen LogP contribution in [0.1, 0.15) is 24.0 Å². The highest BCUT2D eigenvalue weighted by Crippen LogP contribution is 2.07. The highest BCUT2D eigenvalue weighted by Gasteiger charge is 2.03. The minimum atomic E-state index is 0.815. The van der Waals surface area contributed by atoms with Crippen LogP contribution in [0, 0.1) is 6.92 Å². The number of imidazole rings is 1. The molecule has 0 N–H and O–H groups in total. The molecular formula is C12H15N3. The molecule has 2 aromatic rings. The van der Waals surface area contributed by atoms with Crippen molar-refractivity contribution in [1.82, 2.24) is 14.5 Å². The Morgan fingerprint density at radius 1 is 1.27 bits per heavy atom. The summed E-state index contributed by atoms with van der Waals surface area (Å²) >= 11 is 0. The Bertz CT molecular complexity index is 446. The topological polar surface area (TPSA) is 30.7 Å². The summed E-state index contributed by atoms with van der Waals surface area (Å²) < 4.78 is 2.15. The molecule has 0 saturated carbocycles. The number of aryl methyl sites for hydroxylation is 2. The van der Waals surface area contributed by atoms with Gasteiger partial charge in [-0.25, -0.2) is 4.98 Å². The highest BCUT2D eigenvalue weighted by molar-refractivity contribution is 5.18. The standard InChI is InChI=1S/C12H15N3/c1-3-12-14-7-8-15(12)9-11-10(2)5-4-6-13-11/h4-8H,3,9H2,1-2H3. The zero-order valence-corrected chi connectivity index (χ0v) is 9.14. The van der Waals surface area contributed by atoms with Gasteiger partial charge >= 0.3 is 0 Å². The van der Waals surface area contributed by atoms with Crippen LogP contribution in [0.15, 0.2) is 30.7 Å². The van der Waals surface area contributed by atoms with Gasteiger partial charge in [0, 0.05) is 25.0 Å². The average molecular weight is 201 g/mol. The molecule has 0 atom stereocenters. The third-order valence-electron chi connectivity index (χ3n) is 2.56. The molecule has 2 rings (SSSR count). The van der Waals surface area contributed by atoms with Gasteiger partial charge in [0.15, 0.2) is 0 Å². The fraction of sp³-hybridized carbons (Fsp3) is 0.333. The van der Waals surface area contributed by atoms with Gasteiger partial charge in [0.1, 0.15) is 5.82 Å². The number of hydrogen-bond donors (Lipinski definition) is 0. The van der Waals surface area contributed by atoms with Crippen LogP contribution in [0.2, 0.25) is 0 Å². The van der Waals surface area contributed by atoms with E-state index in [4.69, 9.17) is 0 Å². The number of nitrogens with zero attached hydrogens (tertiary/aromatic N) is 3. The van der Waals surface area contributed by atoms with Crippen LogP contribution in [0.4, 0.5) is 0 Å². The first-order chi connectivity index (χ1) is 7.31. The summed E-state index contributed by atoms with van der Waals surface area (Å²) in [5.41, 5.74) is 2.35. The Kier molecular flexibility index (Phi) is 2.81. The van der Waals surface area contributed by atoms with Crippen LogP contribution < -0.4 is 0 Å². The zero-order chi connectivity index (χ0) is 10.7. The molecule has 0 bridgehead atoms. The fourth-order valence-corrected chi connectivity index (χ4v) is 1.64. The molecule has 15 heavy (non-hydrogen) atoms. The van der Waals surface area contributed by atoms with Crippen molar-refractivity contribution in [2.24, 2.45) is 0 Å². The second-order valence-electron chi connectivity index (χ2n) is 3.59. The molecule has 0 fully saturated rings. The van der Waals surface area contributed by atoms with Crippen molar-refractivity contribution < 1.29 is 0 Å². The molecule has 78 valence electrons. The van der Waals surface area contributed by atoms with E-state index in [9.17, 15) is 0 Å². The maximum atomic E-state index is 4.38. The van der Waals surface area contributed by atoms with Crippen molar-refractivity contribution in [3.05, 3.63) is 47.8 Å². The molecule has 0 amide bonds. The smallest absolute Gasteiger partial charge is 0.108 e. The first kappa shape index (κ1) is 9.90. The Balaban J connectivity index is 2.26. The van der Waals surface area contributed by atoms with Crippen LogP contribution in [0.3, 0.4) is 0 Å². The van der Waals surface area contributed by atoms with Crippen LogP contribution in [-0.2, 0) is 13.0 Å². The van der Waals surface area contributed by atoms with Crippen LogP contribution in [0.25, 0.3) is 0 Å². The lowest BCUT2D eigenvalue weighted by molar-refractivity contribution is 0.712. The molecule has 0 spiro atoms. The summed E-state index contributed by atoms with van der Waals surface area (Å²) in [6.45, 7) is 5.02. The zero-order valence-electron chi connectivity index (χ0n) is 9.14. The Labute approximate surface area is 89.8 Å². The lowest BCUT2D eigenvalue weighted by Gasteiger charge is -2.07. The lowest BCUT2D eigenvalue weighted by atomic mass is 10.2. The molecule has 0 aliphatic rings. The number of rotatable bonds is 3. The van der Waals surface area contributed by atoms with E-state index in [1.807, 2.05) is 24.7 Å². The Morgan fingerprint density at radius 2 is 2.13 bits per heavy atom. The molecule has 3 nitrogen and oxygen atoms in total. The highest BCUT2D eigenvalue weighted by atomic mass is 15.1. The normalized spacial score (nSPS) is 10.5. The van der Waals surface area contributed by atoms with Crippen molar-refractivity contribution >= 4 is 0 Å². The molecule has 0 radical (unpaired) electrons. The van der Waals surface area contributed by atoms with Crippen molar-refractivity contribution in [3.8, 4) is 0 Å². The van der Waals surface area contributed by atoms with Crippen LogP contribution in [0.5, 0.6) is 0 Å². The lowest BCUT2D eigenvalue weighted by Crippen LogP contribution is -2.06. The predicted octanol–water partition coefficient (Wildman–Crippen LogP) is 2.20. The first-order valence-electron chi connectivity index (χ1n) is 5.21. The van der Waals surface area contributed by atoms with Gasteiger partial charge < -0.3 is 4.57 Å². The molecule has 0 aromatic carbocycles. The van der Waals surface area contributed by atoms with Gasteiger partial charge in [-0.2, -0.15) is 0 Å². The van der Waals surface area contributed by atoms with Gasteiger partial charge in [0.25, 0.3) is 0 Å². The van der Waals surface area contributed by atoms with E-state index in [1.165, 1.54) is 5.56 Å². The Hall–Kier alpha value is -1.64. The summed E-state index contributed by atoms with van der Waals surface area (Å²) in [7, 11) is 0. The van der Waals surface area contributed by atoms with E-state index in [0.29, 0.717) is 0 Å². The Morgan fingerprint density at radius 3 is 2.87 bits per heavy atom. The molecule has 3 heteroatoms. The predicted molar refractivity (Wildman–Crippen MR) is 59.7 cm³/mol. The molecule has 0 aliphatic carbocycles. The second-order valence-corrected chi connectivity index (χ2v) is 3.59. The molecule has 0 unspecified atom stereocenters. The van der Waals surface area contributed by atoms with Gasteiger partial charge in [-0.15, -0.1) is 0 Å². The van der Waals surface area contributed by atoms with E-state index < -0.39 is 0 Å². The van der Waals surface area contributed by atoms with Crippen molar-refractivity contribution in [3.63, 3.8) is 0 Å². The largest absolute Gasteiger partial charge is 0.329 e. The summed E-state index contributed by atoms with van der Waals surface area (Å²) in [6, 6.07) is 4.05. The van der Waals surface area contributed by atoms with Gasteiger partial charge in [-0.3, -0.25) is 4.98 Å². The van der Waals surface area contributed by atoms with Gasteiger partial charge in [-0.1, -0.05) is 13.0 Å². The molecular weight excluding hydrogens is 186 g/mol. The van der Waals surface area contributed by atoms with Crippen LogP contribution >= 0.6 is 0 Å². The number of aromatic nitrogens is 3. The monoisotopic (exact) mass is 201 g/mol. The summed E-state index contributed by atoms with van der Waals surface area (Å²) in [5, 5.41) is 0. The molecule has 2 aromatic heterocycles. The van der Waals surface area contributed by atoms with Crippen molar-refractivity contribution in [2.45, 2.75) is 26.8 Å². The summed E-state index contributed by atoms with van der Waals surface area (Å²) in [5.74, 6) is 1.11. The van der Waals surface area contributed by atoms with Crippen molar-refractivity contribution in [1.29, 1.82) is 0 Å². The maximum absolute atomic E-state index is 4.38. The SMILES string of the molecule is CCc1nccn1Cc1ncccc1C. The third kappa shape index (κ3) is 2.06.